The molecule has 0 saturated heterocycles. The molecule has 0 unspecified atom stereocenters. The summed E-state index contributed by atoms with van der Waals surface area (Å²) in [5.74, 6) is -0.504. The molecule has 0 aromatic carbocycles. The van der Waals surface area contributed by atoms with Gasteiger partial charge in [-0.15, -0.1) is 11.3 Å². The van der Waals surface area contributed by atoms with Gasteiger partial charge < -0.3 is 20.5 Å². The average molecular weight is 389 g/mol. The summed E-state index contributed by atoms with van der Waals surface area (Å²) >= 11 is 2.41. The lowest BCUT2D eigenvalue weighted by Crippen LogP contribution is -2.17. The lowest BCUT2D eigenvalue weighted by atomic mass is 10.1. The predicted octanol–water partition coefficient (Wildman–Crippen LogP) is 2.43. The Bertz CT molecular complexity index is 628. The van der Waals surface area contributed by atoms with Crippen molar-refractivity contribution in [2.75, 3.05) is 30.0 Å². The van der Waals surface area contributed by atoms with E-state index in [0.717, 1.165) is 11.3 Å². The molecule has 1 rings (SSSR count). The molecule has 1 amide bonds. The largest absolute Gasteiger partial charge is 0.462 e. The number of amides is 1. The molecule has 0 radical (unpaired) electrons. The standard InChI is InChI=1S/C16H24N2O5S2/c1-5-22-15(20)12-10(4)13(16(21)23-9(2)3)25-14(12)18-11(19)8-24-7-6-17/h9H,5-8,17H2,1-4H3,(H,18,19). The molecule has 1 aromatic rings. The zero-order valence-electron chi connectivity index (χ0n) is 14.8. The number of hydrogen-bond acceptors (Lipinski definition) is 8. The Balaban J connectivity index is 3.09. The first kappa shape index (κ1) is 21.5. The third kappa shape index (κ3) is 6.33. The normalized spacial score (nSPS) is 10.6. The van der Waals surface area contributed by atoms with Crippen molar-refractivity contribution in [2.24, 2.45) is 5.73 Å². The minimum absolute atomic E-state index is 0.194. The highest BCUT2D eigenvalue weighted by Crippen LogP contribution is 2.34. The van der Waals surface area contributed by atoms with Crippen LogP contribution >= 0.6 is 23.1 Å². The van der Waals surface area contributed by atoms with Crippen LogP contribution in [0.4, 0.5) is 5.00 Å². The molecule has 7 nitrogen and oxygen atoms in total. The maximum atomic E-state index is 12.2. The molecule has 0 aliphatic rings. The quantitative estimate of drug-likeness (QED) is 0.494. The monoisotopic (exact) mass is 388 g/mol. The number of nitrogens with one attached hydrogen (secondary N) is 1. The highest BCUT2D eigenvalue weighted by atomic mass is 32.2. The van der Waals surface area contributed by atoms with Crippen LogP contribution in [-0.4, -0.2) is 48.6 Å². The summed E-state index contributed by atoms with van der Waals surface area (Å²) in [5, 5.41) is 2.98. The minimum atomic E-state index is -0.579. The summed E-state index contributed by atoms with van der Waals surface area (Å²) in [6, 6.07) is 0. The third-order valence-corrected chi connectivity index (χ3v) is 5.08. The average Bonchev–Trinajstić information content (AvgIpc) is 2.83. The van der Waals surface area contributed by atoms with Crippen LogP contribution in [-0.2, 0) is 14.3 Å². The smallest absolute Gasteiger partial charge is 0.348 e. The molecule has 0 bridgehead atoms. The van der Waals surface area contributed by atoms with Crippen LogP contribution in [0.5, 0.6) is 0 Å². The first-order valence-corrected chi connectivity index (χ1v) is 9.88. The van der Waals surface area contributed by atoms with E-state index in [1.807, 2.05) is 0 Å². The van der Waals surface area contributed by atoms with Crippen LogP contribution in [0.15, 0.2) is 0 Å². The predicted molar refractivity (Wildman–Crippen MR) is 101 cm³/mol. The van der Waals surface area contributed by atoms with Gasteiger partial charge in [0.05, 0.1) is 24.0 Å². The lowest BCUT2D eigenvalue weighted by Gasteiger charge is -2.07. The summed E-state index contributed by atoms with van der Waals surface area (Å²) in [5.41, 5.74) is 6.04. The number of esters is 2. The molecule has 0 spiro atoms. The molecule has 0 saturated carbocycles. The molecule has 0 aliphatic heterocycles. The topological polar surface area (TPSA) is 108 Å². The van der Waals surface area contributed by atoms with E-state index in [0.29, 0.717) is 22.9 Å². The lowest BCUT2D eigenvalue weighted by molar-refractivity contribution is -0.113. The number of nitrogens with two attached hydrogens (primary N) is 1. The summed E-state index contributed by atoms with van der Waals surface area (Å²) in [6.45, 7) is 7.48. The van der Waals surface area contributed by atoms with E-state index >= 15 is 0 Å². The van der Waals surface area contributed by atoms with Gasteiger partial charge in [-0.05, 0) is 33.3 Å². The Morgan fingerprint density at radius 3 is 2.52 bits per heavy atom. The van der Waals surface area contributed by atoms with Crippen LogP contribution in [0.1, 0.15) is 46.4 Å². The van der Waals surface area contributed by atoms with Crippen molar-refractivity contribution in [3.8, 4) is 0 Å². The molecule has 0 aliphatic carbocycles. The van der Waals surface area contributed by atoms with Crippen molar-refractivity contribution in [1.82, 2.24) is 0 Å². The Kier molecular flexibility index (Phi) is 8.95. The minimum Gasteiger partial charge on any atom is -0.462 e. The summed E-state index contributed by atoms with van der Waals surface area (Å²) < 4.78 is 10.2. The second-order valence-corrected chi connectivity index (χ2v) is 7.45. The third-order valence-electron chi connectivity index (χ3n) is 2.90. The molecular weight excluding hydrogens is 364 g/mol. The van der Waals surface area contributed by atoms with Crippen LogP contribution < -0.4 is 11.1 Å². The number of anilines is 1. The number of carbonyl (C=O) groups excluding carboxylic acids is 3. The number of hydrogen-bond donors (Lipinski definition) is 2. The number of ether oxygens (including phenoxy) is 2. The Morgan fingerprint density at radius 2 is 1.96 bits per heavy atom. The Morgan fingerprint density at radius 1 is 1.28 bits per heavy atom. The SMILES string of the molecule is CCOC(=O)c1c(NC(=O)CSCCN)sc(C(=O)OC(C)C)c1C. The van der Waals surface area contributed by atoms with Crippen molar-refractivity contribution in [1.29, 1.82) is 0 Å². The van der Waals surface area contributed by atoms with E-state index in [1.54, 1.807) is 27.7 Å². The summed E-state index contributed by atoms with van der Waals surface area (Å²) in [4.78, 5) is 36.8. The van der Waals surface area contributed by atoms with Gasteiger partial charge in [0, 0.05) is 12.3 Å². The second kappa shape index (κ2) is 10.4. The van der Waals surface area contributed by atoms with E-state index in [4.69, 9.17) is 15.2 Å². The van der Waals surface area contributed by atoms with E-state index in [2.05, 4.69) is 5.32 Å². The van der Waals surface area contributed by atoms with Gasteiger partial charge in [-0.3, -0.25) is 4.79 Å². The molecule has 25 heavy (non-hydrogen) atoms. The maximum Gasteiger partial charge on any atom is 0.348 e. The van der Waals surface area contributed by atoms with Crippen molar-refractivity contribution < 1.29 is 23.9 Å². The number of carbonyl (C=O) groups is 3. The van der Waals surface area contributed by atoms with Crippen LogP contribution in [0.25, 0.3) is 0 Å². The van der Waals surface area contributed by atoms with E-state index in [9.17, 15) is 14.4 Å². The number of thioether (sulfide) groups is 1. The van der Waals surface area contributed by atoms with Crippen molar-refractivity contribution in [2.45, 2.75) is 33.8 Å². The maximum absolute atomic E-state index is 12.2. The molecule has 0 fully saturated rings. The van der Waals surface area contributed by atoms with Gasteiger partial charge >= 0.3 is 11.9 Å². The number of thiophene rings is 1. The van der Waals surface area contributed by atoms with Crippen LogP contribution in [0, 0.1) is 6.92 Å². The molecule has 1 heterocycles. The van der Waals surface area contributed by atoms with Crippen molar-refractivity contribution in [3.05, 3.63) is 16.0 Å². The summed E-state index contributed by atoms with van der Waals surface area (Å²) in [6.07, 6.45) is -0.286. The molecule has 0 atom stereocenters. The molecule has 140 valence electrons. The molecule has 9 heteroatoms. The van der Waals surface area contributed by atoms with Crippen LogP contribution in [0.2, 0.25) is 0 Å². The molecule has 1 aromatic heterocycles. The molecular formula is C16H24N2O5S2. The number of rotatable bonds is 9. The van der Waals surface area contributed by atoms with Gasteiger partial charge in [0.2, 0.25) is 5.91 Å². The van der Waals surface area contributed by atoms with E-state index in [-0.39, 0.29) is 34.8 Å². The highest BCUT2D eigenvalue weighted by Gasteiger charge is 2.27. The van der Waals surface area contributed by atoms with Gasteiger partial charge in [0.1, 0.15) is 9.88 Å². The second-order valence-electron chi connectivity index (χ2n) is 5.32. The van der Waals surface area contributed by atoms with E-state index in [1.165, 1.54) is 11.8 Å². The fourth-order valence-corrected chi connectivity index (χ4v) is 3.59. The first-order valence-electron chi connectivity index (χ1n) is 7.90. The zero-order chi connectivity index (χ0) is 19.0. The highest BCUT2D eigenvalue weighted by molar-refractivity contribution is 7.99. The molecule has 3 N–H and O–H groups in total. The van der Waals surface area contributed by atoms with Gasteiger partial charge in [-0.2, -0.15) is 11.8 Å². The fourth-order valence-electron chi connectivity index (χ4n) is 1.92. The van der Waals surface area contributed by atoms with Gasteiger partial charge in [0.25, 0.3) is 0 Å². The van der Waals surface area contributed by atoms with Crippen molar-refractivity contribution in [3.63, 3.8) is 0 Å². The first-order chi connectivity index (χ1) is 11.8. The van der Waals surface area contributed by atoms with Crippen LogP contribution in [0.3, 0.4) is 0 Å². The van der Waals surface area contributed by atoms with Gasteiger partial charge in [-0.25, -0.2) is 9.59 Å². The van der Waals surface area contributed by atoms with Crippen molar-refractivity contribution >= 4 is 45.9 Å². The fraction of sp³-hybridized carbons (Fsp3) is 0.562. The summed E-state index contributed by atoms with van der Waals surface area (Å²) in [7, 11) is 0. The Labute approximate surface area is 155 Å². The van der Waals surface area contributed by atoms with Gasteiger partial charge in [-0.1, -0.05) is 0 Å². The van der Waals surface area contributed by atoms with Gasteiger partial charge in [0.15, 0.2) is 0 Å². The zero-order valence-corrected chi connectivity index (χ0v) is 16.5. The van der Waals surface area contributed by atoms with E-state index < -0.39 is 11.9 Å². The Hall–Kier alpha value is -1.58.